The van der Waals surface area contributed by atoms with Gasteiger partial charge >= 0.3 is 0 Å². The summed E-state index contributed by atoms with van der Waals surface area (Å²) < 4.78 is 0. The van der Waals surface area contributed by atoms with Crippen LogP contribution in [0.1, 0.15) is 13.3 Å². The zero-order valence-corrected chi connectivity index (χ0v) is 6.02. The molecule has 0 aliphatic heterocycles. The molecule has 1 radical (unpaired) electrons. The molecule has 0 aromatic rings. The van der Waals surface area contributed by atoms with Crippen molar-refractivity contribution >= 4 is 0 Å². The average molecular weight is 129 g/mol. The van der Waals surface area contributed by atoms with Crippen LogP contribution in [0.25, 0.3) is 0 Å². The molecular formula is C10H9. The first-order valence-corrected chi connectivity index (χ1v) is 3.08. The first-order chi connectivity index (χ1) is 4.91. The van der Waals surface area contributed by atoms with E-state index >= 15 is 0 Å². The molecule has 0 spiro atoms. The minimum absolute atomic E-state index is 0.691. The van der Waals surface area contributed by atoms with Crippen molar-refractivity contribution in [2.24, 2.45) is 0 Å². The van der Waals surface area contributed by atoms with Gasteiger partial charge in [-0.15, -0.1) is 0 Å². The van der Waals surface area contributed by atoms with E-state index in [0.717, 1.165) is 0 Å². The maximum atomic E-state index is 6.52. The number of hydrogen-bond donors (Lipinski definition) is 0. The Labute approximate surface area is 62.6 Å². The van der Waals surface area contributed by atoms with Crippen molar-refractivity contribution in [1.29, 1.82) is 0 Å². The summed E-state index contributed by atoms with van der Waals surface area (Å²) in [7, 11) is 0. The third kappa shape index (κ3) is 6.60. The zero-order valence-electron chi connectivity index (χ0n) is 6.02. The third-order valence-electron chi connectivity index (χ3n) is 0.773. The number of rotatable bonds is 1. The fraction of sp³-hybridized carbons (Fsp3) is 0.200. The molecule has 0 atom stereocenters. The Morgan fingerprint density at radius 1 is 1.40 bits per heavy atom. The highest BCUT2D eigenvalue weighted by molar-refractivity contribution is 5.17. The normalized spacial score (nSPS) is 9.20. The van der Waals surface area contributed by atoms with Crippen molar-refractivity contribution in [3.05, 3.63) is 30.7 Å². The highest BCUT2D eigenvalue weighted by atomic mass is 13.7. The van der Waals surface area contributed by atoms with E-state index < -0.39 is 0 Å². The van der Waals surface area contributed by atoms with Crippen molar-refractivity contribution in [2.45, 2.75) is 13.3 Å². The zero-order chi connectivity index (χ0) is 7.66. The quantitative estimate of drug-likeness (QED) is 0.475. The van der Waals surface area contributed by atoms with Crippen molar-refractivity contribution in [3.8, 4) is 17.8 Å². The van der Waals surface area contributed by atoms with E-state index in [9.17, 15) is 0 Å². The molecule has 0 nitrogen and oxygen atoms in total. The van der Waals surface area contributed by atoms with Gasteiger partial charge in [-0.2, -0.15) is 0 Å². The molecule has 0 aliphatic rings. The lowest BCUT2D eigenvalue weighted by atomic mass is 10.3. The Kier molecular flexibility index (Phi) is 6.54. The molecule has 0 aromatic heterocycles. The molecule has 0 fully saturated rings. The molecule has 0 saturated heterocycles. The van der Waals surface area contributed by atoms with Gasteiger partial charge in [0.1, 0.15) is 0 Å². The second kappa shape index (κ2) is 7.60. The van der Waals surface area contributed by atoms with Crippen LogP contribution >= 0.6 is 0 Å². The number of hydrogen-bond acceptors (Lipinski definition) is 0. The van der Waals surface area contributed by atoms with E-state index in [4.69, 9.17) is 6.42 Å². The number of allylic oxidation sites excluding steroid dienone is 4. The van der Waals surface area contributed by atoms with E-state index in [-0.39, 0.29) is 0 Å². The molecule has 0 amide bonds. The van der Waals surface area contributed by atoms with Crippen LogP contribution in [0.5, 0.6) is 0 Å². The van der Waals surface area contributed by atoms with Crippen LogP contribution in [-0.4, -0.2) is 0 Å². The van der Waals surface area contributed by atoms with Gasteiger partial charge in [0.15, 0.2) is 0 Å². The highest BCUT2D eigenvalue weighted by Gasteiger charge is 1.63. The first-order valence-electron chi connectivity index (χ1n) is 3.08. The van der Waals surface area contributed by atoms with Crippen LogP contribution in [0.15, 0.2) is 24.3 Å². The van der Waals surface area contributed by atoms with Gasteiger partial charge in [-0.05, 0) is 25.5 Å². The van der Waals surface area contributed by atoms with Gasteiger partial charge < -0.3 is 0 Å². The van der Waals surface area contributed by atoms with Gasteiger partial charge in [0.25, 0.3) is 0 Å². The lowest BCUT2D eigenvalue weighted by Crippen LogP contribution is -1.56. The van der Waals surface area contributed by atoms with Crippen LogP contribution < -0.4 is 0 Å². The summed E-state index contributed by atoms with van der Waals surface area (Å²) in [6.45, 7) is 1.93. The summed E-state index contributed by atoms with van der Waals surface area (Å²) in [6.07, 6.45) is 14.2. The molecule has 0 heteroatoms. The fourth-order valence-electron chi connectivity index (χ4n) is 0.378. The molecule has 0 heterocycles. The maximum absolute atomic E-state index is 6.52. The van der Waals surface area contributed by atoms with E-state index in [1.165, 1.54) is 0 Å². The summed E-state index contributed by atoms with van der Waals surface area (Å²) in [5.41, 5.74) is 0. The van der Waals surface area contributed by atoms with E-state index in [1.807, 2.05) is 13.0 Å². The van der Waals surface area contributed by atoms with E-state index in [0.29, 0.717) is 6.42 Å². The second-order valence-electron chi connectivity index (χ2n) is 1.57. The SMILES string of the molecule is [C]#CC=CCC#CC=CC. The Hall–Kier alpha value is -1.40. The minimum Gasteiger partial charge on any atom is -0.0943 e. The Morgan fingerprint density at radius 3 is 2.80 bits per heavy atom. The fourth-order valence-corrected chi connectivity index (χ4v) is 0.378. The Morgan fingerprint density at radius 2 is 2.20 bits per heavy atom. The average Bonchev–Trinajstić information content (AvgIpc) is 1.97. The van der Waals surface area contributed by atoms with Crippen molar-refractivity contribution in [1.82, 2.24) is 0 Å². The van der Waals surface area contributed by atoms with Crippen molar-refractivity contribution < 1.29 is 0 Å². The summed E-state index contributed by atoms with van der Waals surface area (Å²) in [5.74, 6) is 7.84. The van der Waals surface area contributed by atoms with Crippen molar-refractivity contribution in [3.63, 3.8) is 0 Å². The molecule has 0 aliphatic carbocycles. The molecule has 49 valence electrons. The Balaban J connectivity index is 3.49. The largest absolute Gasteiger partial charge is 0.0943 e. The summed E-state index contributed by atoms with van der Waals surface area (Å²) in [4.78, 5) is 0. The Bertz CT molecular complexity index is 213. The molecule has 0 aromatic carbocycles. The summed E-state index contributed by atoms with van der Waals surface area (Å²) in [5, 5.41) is 0. The van der Waals surface area contributed by atoms with Gasteiger partial charge in [-0.1, -0.05) is 29.9 Å². The van der Waals surface area contributed by atoms with Crippen molar-refractivity contribution in [2.75, 3.05) is 0 Å². The van der Waals surface area contributed by atoms with E-state index in [1.54, 1.807) is 18.2 Å². The topological polar surface area (TPSA) is 0 Å². The van der Waals surface area contributed by atoms with Gasteiger partial charge in [-0.25, -0.2) is 0 Å². The van der Waals surface area contributed by atoms with Gasteiger partial charge in [0, 0.05) is 6.42 Å². The van der Waals surface area contributed by atoms with Crippen LogP contribution in [0, 0.1) is 24.2 Å². The smallest absolute Gasteiger partial charge is 0.0282 e. The standard InChI is InChI=1S/C10H9/c1-3-5-7-9-10-8-6-4-2/h3,5-6,8H,10H2,1H3. The highest BCUT2D eigenvalue weighted by Crippen LogP contribution is 1.78. The molecule has 0 N–H and O–H groups in total. The van der Waals surface area contributed by atoms with Gasteiger partial charge in [0.05, 0.1) is 0 Å². The van der Waals surface area contributed by atoms with Crippen LogP contribution in [-0.2, 0) is 0 Å². The molecular weight excluding hydrogens is 120 g/mol. The molecule has 0 rings (SSSR count). The lowest BCUT2D eigenvalue weighted by molar-refractivity contribution is 1.47. The van der Waals surface area contributed by atoms with E-state index in [2.05, 4.69) is 17.8 Å². The molecule has 0 saturated carbocycles. The lowest BCUT2D eigenvalue weighted by Gasteiger charge is -1.70. The monoisotopic (exact) mass is 129 g/mol. The second-order valence-corrected chi connectivity index (χ2v) is 1.57. The molecule has 0 unspecified atom stereocenters. The van der Waals surface area contributed by atoms with Crippen LogP contribution in [0.3, 0.4) is 0 Å². The third-order valence-corrected chi connectivity index (χ3v) is 0.773. The predicted molar refractivity (Wildman–Crippen MR) is 43.5 cm³/mol. The predicted octanol–water partition coefficient (Wildman–Crippen LogP) is 2.10. The maximum Gasteiger partial charge on any atom is 0.0282 e. The summed E-state index contributed by atoms with van der Waals surface area (Å²) >= 11 is 0. The van der Waals surface area contributed by atoms with Gasteiger partial charge in [0.2, 0.25) is 0 Å². The minimum atomic E-state index is 0.691. The van der Waals surface area contributed by atoms with Crippen LogP contribution in [0.4, 0.5) is 0 Å². The summed E-state index contributed by atoms with van der Waals surface area (Å²) in [6, 6.07) is 0. The first kappa shape index (κ1) is 8.60. The molecule has 0 bridgehead atoms. The van der Waals surface area contributed by atoms with Crippen LogP contribution in [0.2, 0.25) is 0 Å². The molecule has 10 heavy (non-hydrogen) atoms. The van der Waals surface area contributed by atoms with Gasteiger partial charge in [-0.3, -0.25) is 0 Å².